The van der Waals surface area contributed by atoms with Gasteiger partial charge in [0, 0.05) is 24.7 Å². The van der Waals surface area contributed by atoms with Crippen molar-refractivity contribution in [1.82, 2.24) is 0 Å². The average molecular weight is 278 g/mol. The highest BCUT2D eigenvalue weighted by Gasteiger charge is 2.21. The van der Waals surface area contributed by atoms with Crippen molar-refractivity contribution in [3.63, 3.8) is 0 Å². The second kappa shape index (κ2) is 6.24. The number of methoxy groups -OCH3 is 1. The summed E-state index contributed by atoms with van der Waals surface area (Å²) in [6.07, 6.45) is 6.45. The second-order valence-corrected chi connectivity index (χ2v) is 5.59. The normalized spacial score (nSPS) is 16.1. The molecule has 0 amide bonds. The van der Waals surface area contributed by atoms with Gasteiger partial charge >= 0.3 is 0 Å². The van der Waals surface area contributed by atoms with Crippen LogP contribution >= 0.6 is 12.2 Å². The Balaban J connectivity index is 2.31. The lowest BCUT2D eigenvalue weighted by Gasteiger charge is -2.34. The molecule has 1 aliphatic carbocycles. The third-order valence-corrected chi connectivity index (χ3v) is 4.19. The smallest absolute Gasteiger partial charge is 0.120 e. The number of rotatable bonds is 4. The van der Waals surface area contributed by atoms with Crippen LogP contribution in [0.3, 0.4) is 0 Å². The first-order valence-electron chi connectivity index (χ1n) is 6.84. The molecule has 1 aromatic carbocycles. The molecule has 3 nitrogen and oxygen atoms in total. The molecule has 1 fully saturated rings. The molecule has 0 unspecified atom stereocenters. The maximum atomic E-state index is 5.84. The summed E-state index contributed by atoms with van der Waals surface area (Å²) < 4.78 is 5.32. The van der Waals surface area contributed by atoms with Gasteiger partial charge in [-0.3, -0.25) is 0 Å². The van der Waals surface area contributed by atoms with Crippen molar-refractivity contribution in [3.8, 4) is 5.75 Å². The molecule has 104 valence electrons. The molecule has 2 rings (SSSR count). The van der Waals surface area contributed by atoms with Crippen molar-refractivity contribution in [2.45, 2.75) is 38.1 Å². The Kier molecular flexibility index (Phi) is 4.64. The van der Waals surface area contributed by atoms with Gasteiger partial charge in [0.2, 0.25) is 0 Å². The Morgan fingerprint density at radius 2 is 2.00 bits per heavy atom. The van der Waals surface area contributed by atoms with Gasteiger partial charge < -0.3 is 15.4 Å². The molecule has 1 aromatic rings. The van der Waals surface area contributed by atoms with Crippen molar-refractivity contribution in [1.29, 1.82) is 0 Å². The summed E-state index contributed by atoms with van der Waals surface area (Å²) in [5.41, 5.74) is 7.85. The van der Waals surface area contributed by atoms with Gasteiger partial charge in [-0.25, -0.2) is 0 Å². The molecule has 0 spiro atoms. The standard InChI is InChI=1S/C15H22N2OS/c1-17(11-6-4-3-5-7-11)14-10-12(18-2)8-9-13(14)15(16)19/h8-11H,3-7H2,1-2H3,(H2,16,19). The van der Waals surface area contributed by atoms with Crippen molar-refractivity contribution >= 4 is 22.9 Å². The lowest BCUT2D eigenvalue weighted by molar-refractivity contribution is 0.412. The number of hydrogen-bond donors (Lipinski definition) is 1. The minimum Gasteiger partial charge on any atom is -0.497 e. The monoisotopic (exact) mass is 278 g/mol. The summed E-state index contributed by atoms with van der Waals surface area (Å²) in [5, 5.41) is 0. The predicted octanol–water partition coefficient (Wildman–Crippen LogP) is 3.10. The van der Waals surface area contributed by atoms with E-state index in [4.69, 9.17) is 22.7 Å². The molecule has 0 aliphatic heterocycles. The first-order chi connectivity index (χ1) is 9.13. The fraction of sp³-hybridized carbons (Fsp3) is 0.533. The van der Waals surface area contributed by atoms with Gasteiger partial charge in [-0.2, -0.15) is 0 Å². The maximum absolute atomic E-state index is 5.84. The molecule has 0 saturated heterocycles. The van der Waals surface area contributed by atoms with Crippen LogP contribution < -0.4 is 15.4 Å². The summed E-state index contributed by atoms with van der Waals surface area (Å²) in [7, 11) is 3.81. The molecule has 0 bridgehead atoms. The van der Waals surface area contributed by atoms with Crippen LogP contribution in [0.15, 0.2) is 18.2 Å². The van der Waals surface area contributed by atoms with E-state index in [-0.39, 0.29) is 0 Å². The number of ether oxygens (including phenoxy) is 1. The van der Waals surface area contributed by atoms with Crippen LogP contribution in [0.5, 0.6) is 5.75 Å². The van der Waals surface area contributed by atoms with Crippen LogP contribution in [-0.4, -0.2) is 25.2 Å². The fourth-order valence-electron chi connectivity index (χ4n) is 2.80. The Morgan fingerprint density at radius 3 is 2.58 bits per heavy atom. The topological polar surface area (TPSA) is 38.5 Å². The zero-order chi connectivity index (χ0) is 13.8. The van der Waals surface area contributed by atoms with E-state index in [2.05, 4.69) is 11.9 Å². The van der Waals surface area contributed by atoms with E-state index >= 15 is 0 Å². The third kappa shape index (κ3) is 3.18. The molecule has 0 atom stereocenters. The van der Waals surface area contributed by atoms with Gasteiger partial charge in [-0.05, 0) is 25.0 Å². The van der Waals surface area contributed by atoms with Crippen LogP contribution in [-0.2, 0) is 0 Å². The van der Waals surface area contributed by atoms with Crippen LogP contribution in [0, 0.1) is 0 Å². The van der Waals surface area contributed by atoms with E-state index in [1.807, 2.05) is 18.2 Å². The highest BCUT2D eigenvalue weighted by Crippen LogP contribution is 2.31. The average Bonchev–Trinajstić information content (AvgIpc) is 2.46. The number of benzene rings is 1. The van der Waals surface area contributed by atoms with Crippen molar-refractivity contribution < 1.29 is 4.74 Å². The van der Waals surface area contributed by atoms with Gasteiger partial charge in [0.15, 0.2) is 0 Å². The van der Waals surface area contributed by atoms with E-state index in [1.54, 1.807) is 7.11 Å². The van der Waals surface area contributed by atoms with Gasteiger partial charge in [0.1, 0.15) is 10.7 Å². The SMILES string of the molecule is COc1ccc(C(N)=S)c(N(C)C2CCCCC2)c1. The molecular formula is C15H22N2OS. The zero-order valence-corrected chi connectivity index (χ0v) is 12.5. The summed E-state index contributed by atoms with van der Waals surface area (Å²) >= 11 is 5.16. The van der Waals surface area contributed by atoms with Gasteiger partial charge in [0.25, 0.3) is 0 Å². The highest BCUT2D eigenvalue weighted by molar-refractivity contribution is 7.80. The van der Waals surface area contributed by atoms with Crippen LogP contribution in [0.25, 0.3) is 0 Å². The number of nitrogens with zero attached hydrogens (tertiary/aromatic N) is 1. The van der Waals surface area contributed by atoms with Gasteiger partial charge in [-0.1, -0.05) is 31.5 Å². The molecule has 1 aliphatic rings. The molecule has 2 N–H and O–H groups in total. The first kappa shape index (κ1) is 14.1. The molecule has 0 aromatic heterocycles. The Bertz CT molecular complexity index is 455. The summed E-state index contributed by atoms with van der Waals surface area (Å²) in [6, 6.07) is 6.47. The summed E-state index contributed by atoms with van der Waals surface area (Å²) in [4.78, 5) is 2.76. The van der Waals surface area contributed by atoms with Crippen LogP contribution in [0.2, 0.25) is 0 Å². The van der Waals surface area contributed by atoms with Crippen molar-refractivity contribution in [3.05, 3.63) is 23.8 Å². The van der Waals surface area contributed by atoms with E-state index in [0.29, 0.717) is 11.0 Å². The second-order valence-electron chi connectivity index (χ2n) is 5.15. The molecule has 0 heterocycles. The van der Waals surface area contributed by atoms with E-state index in [0.717, 1.165) is 17.0 Å². The minimum absolute atomic E-state index is 0.445. The molecular weight excluding hydrogens is 256 g/mol. The first-order valence-corrected chi connectivity index (χ1v) is 7.25. The van der Waals surface area contributed by atoms with Crippen molar-refractivity contribution in [2.75, 3.05) is 19.1 Å². The number of nitrogens with two attached hydrogens (primary N) is 1. The van der Waals surface area contributed by atoms with E-state index in [1.165, 1.54) is 32.1 Å². The molecule has 0 radical (unpaired) electrons. The molecule has 1 saturated carbocycles. The van der Waals surface area contributed by atoms with Gasteiger partial charge in [0.05, 0.1) is 12.8 Å². The van der Waals surface area contributed by atoms with Crippen molar-refractivity contribution in [2.24, 2.45) is 5.73 Å². The lowest BCUT2D eigenvalue weighted by Crippen LogP contribution is -2.34. The van der Waals surface area contributed by atoms with Crippen LogP contribution in [0.1, 0.15) is 37.7 Å². The zero-order valence-electron chi connectivity index (χ0n) is 11.7. The number of anilines is 1. The Labute approximate surface area is 120 Å². The van der Waals surface area contributed by atoms with E-state index in [9.17, 15) is 0 Å². The largest absolute Gasteiger partial charge is 0.497 e. The van der Waals surface area contributed by atoms with Gasteiger partial charge in [-0.15, -0.1) is 0 Å². The Morgan fingerprint density at radius 1 is 1.32 bits per heavy atom. The highest BCUT2D eigenvalue weighted by atomic mass is 32.1. The molecule has 19 heavy (non-hydrogen) atoms. The van der Waals surface area contributed by atoms with E-state index < -0.39 is 0 Å². The third-order valence-electron chi connectivity index (χ3n) is 3.97. The molecule has 4 heteroatoms. The summed E-state index contributed by atoms with van der Waals surface area (Å²) in [5.74, 6) is 0.845. The number of hydrogen-bond acceptors (Lipinski definition) is 3. The summed E-state index contributed by atoms with van der Waals surface area (Å²) in [6.45, 7) is 0. The minimum atomic E-state index is 0.445. The number of thiocarbonyl (C=S) groups is 1. The van der Waals surface area contributed by atoms with Crippen LogP contribution in [0.4, 0.5) is 5.69 Å². The quantitative estimate of drug-likeness (QED) is 0.859. The lowest BCUT2D eigenvalue weighted by atomic mass is 9.93. The fourth-order valence-corrected chi connectivity index (χ4v) is 2.98. The maximum Gasteiger partial charge on any atom is 0.120 e. The predicted molar refractivity (Wildman–Crippen MR) is 84.2 cm³/mol. The Hall–Kier alpha value is -1.29.